The van der Waals surface area contributed by atoms with Crippen molar-refractivity contribution in [2.24, 2.45) is 0 Å². The number of aromatic nitrogens is 2. The van der Waals surface area contributed by atoms with Gasteiger partial charge in [-0.3, -0.25) is 4.79 Å². The van der Waals surface area contributed by atoms with E-state index in [9.17, 15) is 4.79 Å². The normalized spacial score (nSPS) is 13.8. The SMILES string of the molecule is CCNC(=O)c1ccc(-c2ccnc(Cc3ccc(N4CCOCC4)cc3)n2)cc1. The van der Waals surface area contributed by atoms with Crippen LogP contribution >= 0.6 is 0 Å². The largest absolute Gasteiger partial charge is 0.378 e. The summed E-state index contributed by atoms with van der Waals surface area (Å²) in [4.78, 5) is 23.4. The molecule has 0 spiro atoms. The minimum absolute atomic E-state index is 0.0621. The van der Waals surface area contributed by atoms with E-state index >= 15 is 0 Å². The number of benzene rings is 2. The molecule has 0 atom stereocenters. The van der Waals surface area contributed by atoms with Gasteiger partial charge in [-0.25, -0.2) is 9.97 Å². The number of nitrogens with zero attached hydrogens (tertiary/aromatic N) is 3. The summed E-state index contributed by atoms with van der Waals surface area (Å²) in [5.41, 5.74) is 4.87. The Morgan fingerprint density at radius 2 is 1.77 bits per heavy atom. The minimum atomic E-state index is -0.0621. The van der Waals surface area contributed by atoms with Crippen LogP contribution in [0.25, 0.3) is 11.3 Å². The second-order valence-corrected chi connectivity index (χ2v) is 7.24. The molecule has 30 heavy (non-hydrogen) atoms. The fourth-order valence-electron chi connectivity index (χ4n) is 3.53. The van der Waals surface area contributed by atoms with E-state index in [1.54, 1.807) is 6.20 Å². The van der Waals surface area contributed by atoms with Gasteiger partial charge in [0.25, 0.3) is 5.91 Å². The Hall–Kier alpha value is -3.25. The van der Waals surface area contributed by atoms with E-state index in [1.165, 1.54) is 11.3 Å². The van der Waals surface area contributed by atoms with Crippen LogP contribution in [-0.4, -0.2) is 48.7 Å². The number of anilines is 1. The molecule has 1 fully saturated rings. The van der Waals surface area contributed by atoms with Crippen molar-refractivity contribution >= 4 is 11.6 Å². The fraction of sp³-hybridized carbons (Fsp3) is 0.292. The standard InChI is InChI=1S/C24H26N4O2/c1-2-25-24(29)20-7-5-19(6-8-20)22-11-12-26-23(27-22)17-18-3-9-21(10-4-18)28-13-15-30-16-14-28/h3-12H,2,13-17H2,1H3,(H,25,29). The summed E-state index contributed by atoms with van der Waals surface area (Å²) in [7, 11) is 0. The molecule has 0 saturated carbocycles. The number of carbonyl (C=O) groups excluding carboxylic acids is 1. The molecule has 1 aliphatic heterocycles. The van der Waals surface area contributed by atoms with E-state index in [1.807, 2.05) is 37.3 Å². The molecule has 1 amide bonds. The van der Waals surface area contributed by atoms with Gasteiger partial charge < -0.3 is 15.0 Å². The first kappa shape index (κ1) is 20.0. The number of hydrogen-bond acceptors (Lipinski definition) is 5. The lowest BCUT2D eigenvalue weighted by molar-refractivity contribution is 0.0956. The van der Waals surface area contributed by atoms with Crippen LogP contribution in [-0.2, 0) is 11.2 Å². The summed E-state index contributed by atoms with van der Waals surface area (Å²) in [6.45, 7) is 5.96. The first-order valence-electron chi connectivity index (χ1n) is 10.3. The van der Waals surface area contributed by atoms with Gasteiger partial charge in [0.05, 0.1) is 18.9 Å². The van der Waals surface area contributed by atoms with Crippen LogP contribution in [0, 0.1) is 0 Å². The molecule has 1 saturated heterocycles. The van der Waals surface area contributed by atoms with E-state index in [4.69, 9.17) is 9.72 Å². The molecule has 3 aromatic rings. The molecule has 6 nitrogen and oxygen atoms in total. The number of morpholine rings is 1. The van der Waals surface area contributed by atoms with Crippen molar-refractivity contribution < 1.29 is 9.53 Å². The monoisotopic (exact) mass is 402 g/mol. The van der Waals surface area contributed by atoms with Crippen LogP contribution in [0.2, 0.25) is 0 Å². The summed E-state index contributed by atoms with van der Waals surface area (Å²) in [5, 5.41) is 2.81. The Morgan fingerprint density at radius 1 is 1.03 bits per heavy atom. The number of hydrogen-bond donors (Lipinski definition) is 1. The van der Waals surface area contributed by atoms with Gasteiger partial charge in [0, 0.05) is 49.1 Å². The predicted octanol–water partition coefficient (Wildman–Crippen LogP) is 3.32. The van der Waals surface area contributed by atoms with Crippen molar-refractivity contribution in [1.82, 2.24) is 15.3 Å². The summed E-state index contributed by atoms with van der Waals surface area (Å²) in [5.74, 6) is 0.715. The lowest BCUT2D eigenvalue weighted by atomic mass is 10.1. The smallest absolute Gasteiger partial charge is 0.251 e. The van der Waals surface area contributed by atoms with Gasteiger partial charge in [-0.1, -0.05) is 24.3 Å². The molecule has 1 N–H and O–H groups in total. The molecule has 2 aromatic carbocycles. The van der Waals surface area contributed by atoms with Crippen LogP contribution in [0.4, 0.5) is 5.69 Å². The Bertz CT molecular complexity index is 981. The third kappa shape index (κ3) is 4.83. The van der Waals surface area contributed by atoms with Gasteiger partial charge in [-0.05, 0) is 42.8 Å². The Kier molecular flexibility index (Phi) is 6.35. The van der Waals surface area contributed by atoms with Crippen LogP contribution in [0.3, 0.4) is 0 Å². The van der Waals surface area contributed by atoms with Crippen LogP contribution in [0.1, 0.15) is 28.7 Å². The van der Waals surface area contributed by atoms with Crippen molar-refractivity contribution in [3.63, 3.8) is 0 Å². The van der Waals surface area contributed by atoms with Crippen LogP contribution < -0.4 is 10.2 Å². The van der Waals surface area contributed by atoms with Crippen molar-refractivity contribution in [1.29, 1.82) is 0 Å². The zero-order valence-corrected chi connectivity index (χ0v) is 17.2. The third-order valence-electron chi connectivity index (χ3n) is 5.16. The average Bonchev–Trinajstić information content (AvgIpc) is 2.81. The summed E-state index contributed by atoms with van der Waals surface area (Å²) >= 11 is 0. The quantitative estimate of drug-likeness (QED) is 0.685. The van der Waals surface area contributed by atoms with Gasteiger partial charge in [0.2, 0.25) is 0 Å². The Balaban J connectivity index is 1.45. The molecule has 0 aliphatic carbocycles. The molecular formula is C24H26N4O2. The van der Waals surface area contributed by atoms with Crippen molar-refractivity contribution in [3.05, 3.63) is 77.7 Å². The second kappa shape index (κ2) is 9.50. The molecule has 1 aromatic heterocycles. The number of rotatable bonds is 6. The molecule has 2 heterocycles. The second-order valence-electron chi connectivity index (χ2n) is 7.24. The number of carbonyl (C=O) groups is 1. The maximum absolute atomic E-state index is 11.9. The fourth-order valence-corrected chi connectivity index (χ4v) is 3.53. The molecule has 154 valence electrons. The van der Waals surface area contributed by atoms with Crippen LogP contribution in [0.5, 0.6) is 0 Å². The number of ether oxygens (including phenoxy) is 1. The highest BCUT2D eigenvalue weighted by Gasteiger charge is 2.11. The zero-order chi connectivity index (χ0) is 20.8. The maximum atomic E-state index is 11.9. The first-order chi connectivity index (χ1) is 14.7. The third-order valence-corrected chi connectivity index (χ3v) is 5.16. The van der Waals surface area contributed by atoms with Gasteiger partial charge in [0.15, 0.2) is 0 Å². The predicted molar refractivity (Wildman–Crippen MR) is 118 cm³/mol. The highest BCUT2D eigenvalue weighted by molar-refractivity contribution is 5.94. The lowest BCUT2D eigenvalue weighted by Gasteiger charge is -2.28. The molecular weight excluding hydrogens is 376 g/mol. The minimum Gasteiger partial charge on any atom is -0.378 e. The van der Waals surface area contributed by atoms with Crippen LogP contribution in [0.15, 0.2) is 60.8 Å². The van der Waals surface area contributed by atoms with Crippen molar-refractivity contribution in [3.8, 4) is 11.3 Å². The van der Waals surface area contributed by atoms with E-state index in [0.29, 0.717) is 18.5 Å². The Morgan fingerprint density at radius 3 is 2.47 bits per heavy atom. The van der Waals surface area contributed by atoms with Crippen molar-refractivity contribution in [2.75, 3.05) is 37.7 Å². The van der Waals surface area contributed by atoms with Gasteiger partial charge >= 0.3 is 0 Å². The topological polar surface area (TPSA) is 67.4 Å². The maximum Gasteiger partial charge on any atom is 0.251 e. The molecule has 6 heteroatoms. The summed E-state index contributed by atoms with van der Waals surface area (Å²) < 4.78 is 5.42. The van der Waals surface area contributed by atoms with Gasteiger partial charge in [0.1, 0.15) is 5.82 Å². The van der Waals surface area contributed by atoms with Crippen molar-refractivity contribution in [2.45, 2.75) is 13.3 Å². The molecule has 0 radical (unpaired) electrons. The van der Waals surface area contributed by atoms with Gasteiger partial charge in [-0.2, -0.15) is 0 Å². The molecule has 0 unspecified atom stereocenters. The molecule has 1 aliphatic rings. The number of nitrogens with one attached hydrogen (secondary N) is 1. The Labute approximate surface area is 176 Å². The lowest BCUT2D eigenvalue weighted by Crippen LogP contribution is -2.36. The highest BCUT2D eigenvalue weighted by Crippen LogP contribution is 2.20. The summed E-state index contributed by atoms with van der Waals surface area (Å²) in [6.07, 6.45) is 2.46. The molecule has 0 bridgehead atoms. The van der Waals surface area contributed by atoms with Gasteiger partial charge in [-0.15, -0.1) is 0 Å². The molecule has 4 rings (SSSR count). The first-order valence-corrected chi connectivity index (χ1v) is 10.3. The number of amides is 1. The highest BCUT2D eigenvalue weighted by atomic mass is 16.5. The van der Waals surface area contributed by atoms with E-state index in [2.05, 4.69) is 39.5 Å². The zero-order valence-electron chi connectivity index (χ0n) is 17.2. The van der Waals surface area contributed by atoms with E-state index in [0.717, 1.165) is 43.4 Å². The van der Waals surface area contributed by atoms with E-state index < -0.39 is 0 Å². The summed E-state index contributed by atoms with van der Waals surface area (Å²) in [6, 6.07) is 18.0. The van der Waals surface area contributed by atoms with E-state index in [-0.39, 0.29) is 5.91 Å². The average molecular weight is 402 g/mol.